The van der Waals surface area contributed by atoms with Crippen molar-refractivity contribution >= 4 is 21.3 Å². The molecule has 1 aromatic carbocycles. The molecule has 0 saturated carbocycles. The van der Waals surface area contributed by atoms with Crippen LogP contribution in [-0.2, 0) is 13.4 Å². The Bertz CT molecular complexity index is 452. The largest absolute Gasteiger partial charge is 0.536 e. The molecule has 0 aliphatic carbocycles. The maximum atomic E-state index is 11.1. The predicted octanol–water partition coefficient (Wildman–Crippen LogP) is 0.857. The second-order valence-corrected chi connectivity index (χ2v) is 5.46. The summed E-state index contributed by atoms with van der Waals surface area (Å²) in [5.41, 5.74) is 5.75. The molecular formula is C6H9NO7P2. The van der Waals surface area contributed by atoms with E-state index in [1.165, 1.54) is 24.3 Å². The molecule has 8 nitrogen and oxygen atoms in total. The van der Waals surface area contributed by atoms with Crippen LogP contribution in [0.25, 0.3) is 0 Å². The van der Waals surface area contributed by atoms with Gasteiger partial charge in [-0.1, -0.05) is 0 Å². The molecule has 0 aliphatic heterocycles. The van der Waals surface area contributed by atoms with Crippen LogP contribution in [0, 0.1) is 0 Å². The predicted molar refractivity (Wildman–Crippen MR) is 54.4 cm³/mol. The Morgan fingerprint density at radius 1 is 1.06 bits per heavy atom. The molecule has 0 radical (unpaired) electrons. The van der Waals surface area contributed by atoms with E-state index in [9.17, 15) is 9.13 Å². The van der Waals surface area contributed by atoms with E-state index in [0.29, 0.717) is 5.69 Å². The van der Waals surface area contributed by atoms with Crippen molar-refractivity contribution in [2.45, 2.75) is 0 Å². The van der Waals surface area contributed by atoms with Gasteiger partial charge >= 0.3 is 15.6 Å². The molecule has 0 amide bonds. The first-order valence-electron chi connectivity index (χ1n) is 3.83. The second kappa shape index (κ2) is 4.55. The van der Waals surface area contributed by atoms with Crippen molar-refractivity contribution in [3.63, 3.8) is 0 Å². The maximum Gasteiger partial charge on any atom is 0.536 e. The van der Waals surface area contributed by atoms with Gasteiger partial charge < -0.3 is 20.0 Å². The van der Waals surface area contributed by atoms with E-state index in [0.717, 1.165) is 0 Å². The average molecular weight is 269 g/mol. The zero-order valence-electron chi connectivity index (χ0n) is 7.76. The molecule has 0 aliphatic rings. The third-order valence-corrected chi connectivity index (χ3v) is 3.43. The number of nitrogens with two attached hydrogens (primary N) is 1. The highest BCUT2D eigenvalue weighted by Crippen LogP contribution is 2.57. The summed E-state index contributed by atoms with van der Waals surface area (Å²) in [6.07, 6.45) is 0. The van der Waals surface area contributed by atoms with Gasteiger partial charge in [0, 0.05) is 5.69 Å². The molecule has 0 heterocycles. The average Bonchev–Trinajstić information content (AvgIpc) is 2.04. The van der Waals surface area contributed by atoms with E-state index in [-0.39, 0.29) is 5.75 Å². The van der Waals surface area contributed by atoms with Gasteiger partial charge in [0.15, 0.2) is 0 Å². The highest BCUT2D eigenvalue weighted by molar-refractivity contribution is 7.60. The van der Waals surface area contributed by atoms with Crippen molar-refractivity contribution in [2.75, 3.05) is 5.73 Å². The van der Waals surface area contributed by atoms with E-state index in [4.69, 9.17) is 20.4 Å². The molecule has 90 valence electrons. The fraction of sp³-hybridized carbons (Fsp3) is 0. The van der Waals surface area contributed by atoms with E-state index >= 15 is 0 Å². The lowest BCUT2D eigenvalue weighted by molar-refractivity contribution is 0.229. The van der Waals surface area contributed by atoms with Crippen molar-refractivity contribution in [2.24, 2.45) is 0 Å². The van der Waals surface area contributed by atoms with Crippen LogP contribution < -0.4 is 10.3 Å². The van der Waals surface area contributed by atoms with Gasteiger partial charge in [-0.2, -0.15) is 4.31 Å². The molecule has 0 saturated heterocycles. The zero-order valence-corrected chi connectivity index (χ0v) is 9.54. The number of benzene rings is 1. The SMILES string of the molecule is Nc1ccc(OP(=O)(O)OP(=O)(O)O)cc1. The van der Waals surface area contributed by atoms with Gasteiger partial charge in [0.1, 0.15) is 5.75 Å². The Balaban J connectivity index is 2.77. The second-order valence-electron chi connectivity index (χ2n) is 2.70. The lowest BCUT2D eigenvalue weighted by atomic mass is 10.3. The van der Waals surface area contributed by atoms with Crippen LogP contribution in [0.15, 0.2) is 24.3 Å². The van der Waals surface area contributed by atoms with Gasteiger partial charge in [-0.05, 0) is 24.3 Å². The fourth-order valence-corrected chi connectivity index (χ4v) is 2.41. The molecule has 1 atom stereocenters. The van der Waals surface area contributed by atoms with Gasteiger partial charge in [0.05, 0.1) is 0 Å². The Kier molecular flexibility index (Phi) is 3.75. The quantitative estimate of drug-likeness (QED) is 0.466. The highest BCUT2D eigenvalue weighted by atomic mass is 31.3. The molecule has 10 heteroatoms. The molecule has 0 spiro atoms. The Morgan fingerprint density at radius 2 is 1.56 bits per heavy atom. The first kappa shape index (κ1) is 13.2. The summed E-state index contributed by atoms with van der Waals surface area (Å²) in [6, 6.07) is 5.27. The number of nitrogen functional groups attached to an aromatic ring is 1. The number of rotatable bonds is 4. The Morgan fingerprint density at radius 3 is 2.00 bits per heavy atom. The Labute approximate surface area is 90.5 Å². The first-order chi connectivity index (χ1) is 7.18. The summed E-state index contributed by atoms with van der Waals surface area (Å²) in [5, 5.41) is 0. The summed E-state index contributed by atoms with van der Waals surface area (Å²) in [4.78, 5) is 25.6. The van der Waals surface area contributed by atoms with Gasteiger partial charge in [-0.15, -0.1) is 0 Å². The minimum absolute atomic E-state index is 0.103. The molecule has 5 N–H and O–H groups in total. The molecular weight excluding hydrogens is 260 g/mol. The lowest BCUT2D eigenvalue weighted by Crippen LogP contribution is -1.96. The van der Waals surface area contributed by atoms with Crippen LogP contribution in [0.4, 0.5) is 5.69 Å². The van der Waals surface area contributed by atoms with Crippen molar-refractivity contribution in [1.82, 2.24) is 0 Å². The van der Waals surface area contributed by atoms with Crippen LogP contribution in [0.2, 0.25) is 0 Å². The number of phosphoric ester groups is 1. The maximum absolute atomic E-state index is 11.1. The zero-order chi connectivity index (χ0) is 12.4. The summed E-state index contributed by atoms with van der Waals surface area (Å²) >= 11 is 0. The molecule has 0 aromatic heterocycles. The van der Waals surface area contributed by atoms with Crippen LogP contribution in [0.5, 0.6) is 5.75 Å². The highest BCUT2D eigenvalue weighted by Gasteiger charge is 2.33. The standard InChI is InChI=1S/C6H9NO7P2/c7-5-1-3-6(4-2-5)13-16(11,12)14-15(8,9)10/h1-4H,7H2,(H,11,12)(H2,8,9,10). The Hall–Kier alpha value is -0.880. The summed E-state index contributed by atoms with van der Waals surface area (Å²) < 4.78 is 29.4. The third-order valence-electron chi connectivity index (χ3n) is 1.31. The molecule has 1 unspecified atom stereocenters. The summed E-state index contributed by atoms with van der Waals surface area (Å²) in [5.74, 6) is -0.103. The van der Waals surface area contributed by atoms with Crippen LogP contribution in [0.1, 0.15) is 0 Å². The van der Waals surface area contributed by atoms with Crippen LogP contribution >= 0.6 is 15.6 Å². The molecule has 1 aromatic rings. The smallest absolute Gasteiger partial charge is 0.404 e. The monoisotopic (exact) mass is 269 g/mol. The van der Waals surface area contributed by atoms with Crippen LogP contribution in [-0.4, -0.2) is 14.7 Å². The number of hydrogen-bond acceptors (Lipinski definition) is 5. The van der Waals surface area contributed by atoms with Crippen molar-refractivity contribution in [1.29, 1.82) is 0 Å². The number of phosphoric acid groups is 2. The first-order valence-corrected chi connectivity index (χ1v) is 6.85. The summed E-state index contributed by atoms with van der Waals surface area (Å²) in [7, 11) is -9.95. The minimum atomic E-state index is -5.10. The minimum Gasteiger partial charge on any atom is -0.404 e. The van der Waals surface area contributed by atoms with E-state index in [1.807, 2.05) is 0 Å². The number of anilines is 1. The normalized spacial score (nSPS) is 15.4. The third kappa shape index (κ3) is 4.76. The lowest BCUT2D eigenvalue weighted by Gasteiger charge is -2.12. The van der Waals surface area contributed by atoms with E-state index < -0.39 is 15.6 Å². The molecule has 0 fully saturated rings. The van der Waals surface area contributed by atoms with Gasteiger partial charge in [-0.3, -0.25) is 4.89 Å². The van der Waals surface area contributed by atoms with E-state index in [1.54, 1.807) is 0 Å². The summed E-state index contributed by atoms with van der Waals surface area (Å²) in [6.45, 7) is 0. The van der Waals surface area contributed by atoms with Crippen LogP contribution in [0.3, 0.4) is 0 Å². The van der Waals surface area contributed by atoms with Crippen molar-refractivity contribution in [3.05, 3.63) is 24.3 Å². The van der Waals surface area contributed by atoms with Gasteiger partial charge in [0.25, 0.3) is 0 Å². The van der Waals surface area contributed by atoms with Gasteiger partial charge in [-0.25, -0.2) is 9.13 Å². The topological polar surface area (TPSA) is 139 Å². The number of hydrogen-bond donors (Lipinski definition) is 4. The van der Waals surface area contributed by atoms with E-state index in [2.05, 4.69) is 8.83 Å². The molecule has 16 heavy (non-hydrogen) atoms. The molecule has 0 bridgehead atoms. The van der Waals surface area contributed by atoms with Crippen molar-refractivity contribution < 1.29 is 32.6 Å². The van der Waals surface area contributed by atoms with Crippen molar-refractivity contribution in [3.8, 4) is 5.75 Å². The molecule has 1 rings (SSSR count). The fourth-order valence-electron chi connectivity index (χ4n) is 0.813. The van der Waals surface area contributed by atoms with Gasteiger partial charge in [0.2, 0.25) is 0 Å².